The number of rotatable bonds is 14. The average Bonchev–Trinajstić information content (AvgIpc) is 2.69. The second-order valence-corrected chi connectivity index (χ2v) is 10.6. The average molecular weight is 544 g/mol. The van der Waals surface area contributed by atoms with Gasteiger partial charge in [-0.25, -0.2) is 4.57 Å². The molecular formula is C22H40NdO4P. The number of benzene rings is 1. The van der Waals surface area contributed by atoms with E-state index < -0.39 is 7.82 Å². The van der Waals surface area contributed by atoms with E-state index in [0.29, 0.717) is 25.0 Å². The molecule has 0 amide bonds. The molecule has 0 radical (unpaired) electrons. The van der Waals surface area contributed by atoms with E-state index in [2.05, 4.69) is 52.0 Å². The van der Waals surface area contributed by atoms with Crippen LogP contribution in [-0.4, -0.2) is 18.1 Å². The topological polar surface area (TPSA) is 55.8 Å². The van der Waals surface area contributed by atoms with E-state index in [1.807, 2.05) is 6.07 Å². The predicted octanol–water partition coefficient (Wildman–Crippen LogP) is 6.41. The first-order valence-corrected chi connectivity index (χ1v) is 13.9. The first-order valence-electron chi connectivity index (χ1n) is 10.8. The van der Waals surface area contributed by atoms with Gasteiger partial charge in [0.25, 0.3) is 0 Å². The van der Waals surface area contributed by atoms with E-state index >= 15 is 0 Å². The molecule has 0 aliphatic rings. The van der Waals surface area contributed by atoms with Gasteiger partial charge in [-0.1, -0.05) is 66.2 Å². The van der Waals surface area contributed by atoms with Crippen molar-refractivity contribution in [3.05, 3.63) is 30.3 Å². The predicted molar refractivity (Wildman–Crippen MR) is 114 cm³/mol. The van der Waals surface area contributed by atoms with Crippen molar-refractivity contribution in [2.45, 2.75) is 79.1 Å². The Hall–Kier alpha value is 0.681. The van der Waals surface area contributed by atoms with Gasteiger partial charge in [0.05, 0.1) is 13.2 Å². The van der Waals surface area contributed by atoms with E-state index in [9.17, 15) is 9.46 Å². The summed E-state index contributed by atoms with van der Waals surface area (Å²) in [4.78, 5) is 9.77. The van der Waals surface area contributed by atoms with Crippen molar-refractivity contribution < 1.29 is 57.3 Å². The Bertz CT molecular complexity index is 489. The van der Waals surface area contributed by atoms with Crippen LogP contribution in [0.5, 0.6) is 0 Å². The molecule has 1 N–H and O–H groups in total. The van der Waals surface area contributed by atoms with Crippen LogP contribution >= 0.6 is 7.82 Å². The third-order valence-electron chi connectivity index (χ3n) is 4.81. The fourth-order valence-electron chi connectivity index (χ4n) is 2.67. The van der Waals surface area contributed by atoms with Crippen molar-refractivity contribution in [2.24, 2.45) is 11.8 Å². The summed E-state index contributed by atoms with van der Waals surface area (Å²) in [6, 6.07) is 10.5. The summed E-state index contributed by atoms with van der Waals surface area (Å²) in [6.45, 7) is 9.10. The molecule has 0 saturated carbocycles. The molecule has 0 aliphatic heterocycles. The van der Waals surface area contributed by atoms with Crippen LogP contribution in [-0.2, 0) is 13.6 Å². The number of hydrogen-bond donors (Lipinski definition) is 1. The van der Waals surface area contributed by atoms with Crippen LogP contribution in [0, 0.1) is 50.6 Å². The van der Waals surface area contributed by atoms with Crippen molar-refractivity contribution in [2.75, 3.05) is 13.2 Å². The second-order valence-electron chi connectivity index (χ2n) is 7.26. The Balaban J connectivity index is 0.000000861. The summed E-state index contributed by atoms with van der Waals surface area (Å²) in [7, 11) is -3.89. The second kappa shape index (κ2) is 18.4. The number of phosphoric ester groups is 1. The van der Waals surface area contributed by atoms with Crippen LogP contribution in [0.4, 0.5) is 0 Å². The van der Waals surface area contributed by atoms with Gasteiger partial charge in [0.2, 0.25) is 0 Å². The molecule has 0 aromatic heterocycles. The van der Waals surface area contributed by atoms with Crippen LogP contribution < -0.4 is 1.21 Å². The van der Waals surface area contributed by atoms with Gasteiger partial charge < -0.3 is 4.89 Å². The molecule has 0 fully saturated rings. The van der Waals surface area contributed by atoms with Crippen LogP contribution in [0.15, 0.2) is 30.3 Å². The van der Waals surface area contributed by atoms with Gasteiger partial charge in [0.15, 0.2) is 0 Å². The Labute approximate surface area is 199 Å². The number of unbranched alkanes of at least 4 members (excludes halogenated alkanes) is 2. The zero-order chi connectivity index (χ0) is 21.3. The van der Waals surface area contributed by atoms with E-state index in [-0.39, 0.29) is 0 Å². The normalized spacial score (nSPS) is 15.1. The monoisotopic (exact) mass is 541 g/mol. The molecule has 0 spiro atoms. The molecule has 28 heavy (non-hydrogen) atoms. The van der Waals surface area contributed by atoms with Crippen LogP contribution in [0.1, 0.15) is 79.1 Å². The molecule has 1 aromatic carbocycles. The zero-order valence-corrected chi connectivity index (χ0v) is 22.3. The summed E-state index contributed by atoms with van der Waals surface area (Å²) < 4.78 is 23.7. The maximum atomic E-state index is 11.9. The Kier molecular flexibility index (Phi) is 18.9. The van der Waals surface area contributed by atoms with Gasteiger partial charge in [-0.2, -0.15) is 0 Å². The molecule has 1 aromatic rings. The summed E-state index contributed by atoms with van der Waals surface area (Å²) in [5.74, 6) is 0.687. The number of phosphoric acid groups is 1. The van der Waals surface area contributed by atoms with E-state index in [4.69, 9.17) is 9.05 Å². The molecule has 2 unspecified atom stereocenters. The fourth-order valence-corrected chi connectivity index (χ4v) is 4.16. The van der Waals surface area contributed by atoms with Crippen molar-refractivity contribution in [1.82, 2.24) is 0 Å². The van der Waals surface area contributed by atoms with Gasteiger partial charge in [-0.05, 0) is 24.7 Å². The van der Waals surface area contributed by atoms with Crippen molar-refractivity contribution in [3.8, 4) is 0 Å². The molecular weight excluding hydrogens is 503 g/mol. The van der Waals surface area contributed by atoms with E-state index in [1.54, 1.807) is 0 Å². The van der Waals surface area contributed by atoms with Crippen LogP contribution in [0.25, 0.3) is 0 Å². The molecule has 0 heterocycles. The van der Waals surface area contributed by atoms with Crippen molar-refractivity contribution >= 4 is 9.04 Å². The Morgan fingerprint density at radius 1 is 0.893 bits per heavy atom. The molecule has 0 saturated heterocycles. The standard InChI is InChI=1S/C16H35O4P.C6H5.Nd/c1-5-9-11-15(7-3)13-19-21(17,18)20-14-16(8-4)12-10-6-2;1-2-4-6-5-3-1;/h15-16H,5-14H2,1-4H3,(H,17,18);1-5H;. The molecule has 0 aliphatic carbocycles. The Morgan fingerprint density at radius 2 is 1.32 bits per heavy atom. The van der Waals surface area contributed by atoms with Gasteiger partial charge in [-0.3, -0.25) is 9.05 Å². The molecule has 1 rings (SSSR count). The van der Waals surface area contributed by atoms with Gasteiger partial charge in [0.1, 0.15) is 0 Å². The fraction of sp³-hybridized carbons (Fsp3) is 0.727. The van der Waals surface area contributed by atoms with Gasteiger partial charge >= 0.3 is 78.1 Å². The maximum absolute atomic E-state index is 11.9. The Morgan fingerprint density at radius 3 is 1.61 bits per heavy atom. The van der Waals surface area contributed by atoms with Crippen LogP contribution in [0.3, 0.4) is 0 Å². The van der Waals surface area contributed by atoms with E-state index in [1.165, 1.54) is 40.0 Å². The number of hydrogen-bond acceptors (Lipinski definition) is 3. The minimum absolute atomic E-state index is 0.316. The quantitative estimate of drug-likeness (QED) is 0.275. The summed E-state index contributed by atoms with van der Waals surface area (Å²) >= 11 is 1.17. The minimum atomic E-state index is -3.89. The van der Waals surface area contributed by atoms with Crippen molar-refractivity contribution in [3.63, 3.8) is 0 Å². The molecule has 6 heteroatoms. The van der Waals surface area contributed by atoms with Crippen LogP contribution in [0.2, 0.25) is 0 Å². The third kappa shape index (κ3) is 16.5. The van der Waals surface area contributed by atoms with Crippen molar-refractivity contribution in [1.29, 1.82) is 0 Å². The third-order valence-corrected chi connectivity index (χ3v) is 6.83. The summed E-state index contributed by atoms with van der Waals surface area (Å²) in [5.41, 5.74) is 0. The first kappa shape index (κ1) is 28.7. The molecule has 4 nitrogen and oxygen atoms in total. The first-order chi connectivity index (χ1) is 13.4. The van der Waals surface area contributed by atoms with Gasteiger partial charge in [-0.15, -0.1) is 0 Å². The van der Waals surface area contributed by atoms with E-state index in [0.717, 1.165) is 51.4 Å². The summed E-state index contributed by atoms with van der Waals surface area (Å²) in [6.07, 6.45) is 8.56. The molecule has 161 valence electrons. The summed E-state index contributed by atoms with van der Waals surface area (Å²) in [5, 5.41) is 0. The SMILES string of the molecule is CCCCC(CC)COP(=O)(O)OCC(CC)CCCC.[Nd][c]1ccccc1. The zero-order valence-electron chi connectivity index (χ0n) is 18.2. The molecule has 0 bridgehead atoms. The molecule has 2 atom stereocenters. The van der Waals surface area contributed by atoms with Gasteiger partial charge in [0, 0.05) is 0 Å².